The molecule has 0 spiro atoms. The topological polar surface area (TPSA) is 73.5 Å². The van der Waals surface area contributed by atoms with Crippen LogP contribution in [0.5, 0.6) is 0 Å². The monoisotopic (exact) mass is 310 g/mol. The van der Waals surface area contributed by atoms with Gasteiger partial charge in [0.2, 0.25) is 0 Å². The van der Waals surface area contributed by atoms with Gasteiger partial charge in [0.1, 0.15) is 17.5 Å². The summed E-state index contributed by atoms with van der Waals surface area (Å²) in [5, 5.41) is 7.32. The Balaban J connectivity index is 1.59. The lowest BCUT2D eigenvalue weighted by atomic mass is 10.0. The normalized spacial score (nSPS) is 19.4. The van der Waals surface area contributed by atoms with E-state index in [9.17, 15) is 0 Å². The number of imidazole rings is 1. The zero-order valence-electron chi connectivity index (χ0n) is 13.4. The molecule has 1 saturated heterocycles. The van der Waals surface area contributed by atoms with Crippen molar-refractivity contribution in [3.63, 3.8) is 0 Å². The van der Waals surface area contributed by atoms with E-state index in [2.05, 4.69) is 44.1 Å². The molecule has 0 aliphatic carbocycles. The molecule has 0 radical (unpaired) electrons. The first-order valence-corrected chi connectivity index (χ1v) is 8.42. The molecule has 0 unspecified atom stereocenters. The summed E-state index contributed by atoms with van der Waals surface area (Å²) in [7, 11) is 0. The molecule has 0 saturated carbocycles. The lowest BCUT2D eigenvalue weighted by Gasteiger charge is -2.33. The first-order chi connectivity index (χ1) is 11.3. The summed E-state index contributed by atoms with van der Waals surface area (Å²) in [6, 6.07) is 8.55. The van der Waals surface area contributed by atoms with Crippen LogP contribution in [0.4, 0.5) is 0 Å². The number of H-pyrrole nitrogens is 2. The Morgan fingerprint density at radius 3 is 2.96 bits per heavy atom. The molecule has 23 heavy (non-hydrogen) atoms. The van der Waals surface area contributed by atoms with Crippen LogP contribution in [0.2, 0.25) is 0 Å². The van der Waals surface area contributed by atoms with Crippen LogP contribution in [0.25, 0.3) is 11.0 Å². The van der Waals surface area contributed by atoms with Crippen LogP contribution < -0.4 is 0 Å². The number of fused-ring (bicyclic) bond motifs is 1. The molecule has 4 rings (SSSR count). The minimum atomic E-state index is 0.325. The molecule has 1 aliphatic heterocycles. The molecule has 1 fully saturated rings. The zero-order chi connectivity index (χ0) is 15.6. The van der Waals surface area contributed by atoms with Crippen molar-refractivity contribution in [2.75, 3.05) is 6.54 Å². The molecule has 3 aromatic rings. The molecule has 1 aromatic carbocycles. The maximum atomic E-state index is 4.81. The molecule has 1 aliphatic rings. The van der Waals surface area contributed by atoms with Gasteiger partial charge in [0.05, 0.1) is 23.6 Å². The number of likely N-dealkylation sites (tertiary alicyclic amines) is 1. The van der Waals surface area contributed by atoms with Crippen LogP contribution in [0.15, 0.2) is 24.3 Å². The number of para-hydroxylation sites is 2. The predicted molar refractivity (Wildman–Crippen MR) is 88.9 cm³/mol. The minimum Gasteiger partial charge on any atom is -0.341 e. The third-order valence-electron chi connectivity index (χ3n) is 4.58. The quantitative estimate of drug-likeness (QED) is 0.777. The highest BCUT2D eigenvalue weighted by Gasteiger charge is 2.27. The van der Waals surface area contributed by atoms with Gasteiger partial charge in [-0.2, -0.15) is 5.10 Å². The summed E-state index contributed by atoms with van der Waals surface area (Å²) in [6.07, 6.45) is 4.47. The molecule has 1 atom stereocenters. The number of benzene rings is 1. The Hall–Kier alpha value is -2.21. The number of hydrogen-bond acceptors (Lipinski definition) is 4. The number of nitrogens with one attached hydrogen (secondary N) is 2. The summed E-state index contributed by atoms with van der Waals surface area (Å²) in [4.78, 5) is 15.3. The number of aryl methyl sites for hydroxylation is 1. The van der Waals surface area contributed by atoms with Gasteiger partial charge < -0.3 is 4.98 Å². The number of piperidine rings is 1. The highest BCUT2D eigenvalue weighted by Crippen LogP contribution is 2.31. The highest BCUT2D eigenvalue weighted by atomic mass is 15.3. The SMILES string of the molecule is CCc1n[nH]c(CN2CCCC[C@@H]2c2nc3ccccc3[nH]2)n1. The number of hydrogen-bond donors (Lipinski definition) is 2. The van der Waals surface area contributed by atoms with Crippen LogP contribution >= 0.6 is 0 Å². The molecular weight excluding hydrogens is 288 g/mol. The van der Waals surface area contributed by atoms with Gasteiger partial charge in [0.25, 0.3) is 0 Å². The summed E-state index contributed by atoms with van der Waals surface area (Å²) in [5.41, 5.74) is 2.15. The van der Waals surface area contributed by atoms with E-state index in [1.807, 2.05) is 12.1 Å². The lowest BCUT2D eigenvalue weighted by Crippen LogP contribution is -2.33. The molecule has 0 bridgehead atoms. The fourth-order valence-electron chi connectivity index (χ4n) is 3.38. The second kappa shape index (κ2) is 6.12. The van der Waals surface area contributed by atoms with Gasteiger partial charge in [-0.1, -0.05) is 25.5 Å². The van der Waals surface area contributed by atoms with Gasteiger partial charge >= 0.3 is 0 Å². The van der Waals surface area contributed by atoms with Crippen LogP contribution in [0, 0.1) is 0 Å². The predicted octanol–water partition coefficient (Wildman–Crippen LogP) is 2.97. The van der Waals surface area contributed by atoms with Gasteiger partial charge in [-0.15, -0.1) is 0 Å². The van der Waals surface area contributed by atoms with Crippen molar-refractivity contribution >= 4 is 11.0 Å². The van der Waals surface area contributed by atoms with Crippen LogP contribution in [-0.4, -0.2) is 36.6 Å². The van der Waals surface area contributed by atoms with E-state index in [4.69, 9.17) is 4.98 Å². The van der Waals surface area contributed by atoms with Crippen molar-refractivity contribution in [2.24, 2.45) is 0 Å². The molecule has 120 valence electrons. The Labute approximate surface area is 135 Å². The van der Waals surface area contributed by atoms with Crippen molar-refractivity contribution < 1.29 is 0 Å². The van der Waals surface area contributed by atoms with E-state index in [-0.39, 0.29) is 0 Å². The lowest BCUT2D eigenvalue weighted by molar-refractivity contribution is 0.131. The summed E-state index contributed by atoms with van der Waals surface area (Å²) in [5.74, 6) is 2.91. The number of rotatable bonds is 4. The fraction of sp³-hybridized carbons (Fsp3) is 0.471. The third kappa shape index (κ3) is 2.86. The van der Waals surface area contributed by atoms with Crippen molar-refractivity contribution in [2.45, 2.75) is 45.2 Å². The van der Waals surface area contributed by atoms with E-state index in [1.165, 1.54) is 12.8 Å². The molecule has 2 N–H and O–H groups in total. The summed E-state index contributed by atoms with van der Waals surface area (Å²) in [6.45, 7) is 3.95. The van der Waals surface area contributed by atoms with Crippen LogP contribution in [-0.2, 0) is 13.0 Å². The smallest absolute Gasteiger partial charge is 0.150 e. The standard InChI is InChI=1S/C17H22N6/c1-2-15-20-16(22-21-15)11-23-10-6-5-9-14(23)17-18-12-7-3-4-8-13(12)19-17/h3-4,7-8,14H,2,5-6,9-11H2,1H3,(H,18,19)(H,20,21,22)/t14-/m1/s1. The molecular formula is C17H22N6. The van der Waals surface area contributed by atoms with Gasteiger partial charge in [-0.25, -0.2) is 9.97 Å². The Morgan fingerprint density at radius 2 is 2.13 bits per heavy atom. The molecule has 2 aromatic heterocycles. The van der Waals surface area contributed by atoms with Gasteiger partial charge in [0, 0.05) is 6.42 Å². The number of aromatic amines is 2. The van der Waals surface area contributed by atoms with E-state index in [0.29, 0.717) is 6.04 Å². The second-order valence-electron chi connectivity index (χ2n) is 6.17. The molecule has 6 nitrogen and oxygen atoms in total. The summed E-state index contributed by atoms with van der Waals surface area (Å²) >= 11 is 0. The van der Waals surface area contributed by atoms with Crippen molar-refractivity contribution in [3.8, 4) is 0 Å². The first-order valence-electron chi connectivity index (χ1n) is 8.42. The van der Waals surface area contributed by atoms with Crippen molar-refractivity contribution in [1.82, 2.24) is 30.0 Å². The van der Waals surface area contributed by atoms with Gasteiger partial charge in [0.15, 0.2) is 0 Å². The zero-order valence-corrected chi connectivity index (χ0v) is 13.4. The van der Waals surface area contributed by atoms with E-state index < -0.39 is 0 Å². The number of nitrogens with zero attached hydrogens (tertiary/aromatic N) is 4. The maximum absolute atomic E-state index is 4.81. The Bertz CT molecular complexity index is 756. The van der Waals surface area contributed by atoms with Crippen molar-refractivity contribution in [1.29, 1.82) is 0 Å². The van der Waals surface area contributed by atoms with Gasteiger partial charge in [-0.05, 0) is 31.5 Å². The largest absolute Gasteiger partial charge is 0.341 e. The number of aromatic nitrogens is 5. The fourth-order valence-corrected chi connectivity index (χ4v) is 3.38. The van der Waals surface area contributed by atoms with Gasteiger partial charge in [-0.3, -0.25) is 10.00 Å². The Kier molecular flexibility index (Phi) is 3.83. The first kappa shape index (κ1) is 14.4. The average Bonchev–Trinajstić information content (AvgIpc) is 3.21. The van der Waals surface area contributed by atoms with E-state index in [0.717, 1.165) is 54.4 Å². The van der Waals surface area contributed by atoms with Crippen LogP contribution in [0.3, 0.4) is 0 Å². The van der Waals surface area contributed by atoms with E-state index >= 15 is 0 Å². The average molecular weight is 310 g/mol. The molecule has 0 amide bonds. The maximum Gasteiger partial charge on any atom is 0.150 e. The van der Waals surface area contributed by atoms with Crippen molar-refractivity contribution in [3.05, 3.63) is 41.7 Å². The third-order valence-corrected chi connectivity index (χ3v) is 4.58. The Morgan fingerprint density at radius 1 is 1.22 bits per heavy atom. The highest BCUT2D eigenvalue weighted by molar-refractivity contribution is 5.74. The van der Waals surface area contributed by atoms with E-state index in [1.54, 1.807) is 0 Å². The molecule has 3 heterocycles. The second-order valence-corrected chi connectivity index (χ2v) is 6.17. The minimum absolute atomic E-state index is 0.325. The molecule has 6 heteroatoms. The summed E-state index contributed by atoms with van der Waals surface area (Å²) < 4.78 is 0. The van der Waals surface area contributed by atoms with Crippen LogP contribution in [0.1, 0.15) is 49.7 Å².